The third-order valence-corrected chi connectivity index (χ3v) is 2.73. The molecule has 4 N–H and O–H groups in total. The molecule has 0 radical (unpaired) electrons. The van der Waals surface area contributed by atoms with Gasteiger partial charge in [0.05, 0.1) is 5.69 Å². The van der Waals surface area contributed by atoms with Crippen LogP contribution in [0.2, 0.25) is 0 Å². The van der Waals surface area contributed by atoms with E-state index in [0.717, 1.165) is 36.3 Å². The van der Waals surface area contributed by atoms with Gasteiger partial charge in [0.2, 0.25) is 0 Å². The third-order valence-electron chi connectivity index (χ3n) is 2.73. The Bertz CT molecular complexity index is 442. The molecule has 0 saturated heterocycles. The molecule has 0 unspecified atom stereocenters. The molecule has 164 valence electrons. The van der Waals surface area contributed by atoms with E-state index in [4.69, 9.17) is 5.73 Å². The van der Waals surface area contributed by atoms with Crippen molar-refractivity contribution in [3.05, 3.63) is 42.2 Å². The number of aromatic nitrogens is 1. The van der Waals surface area contributed by atoms with Gasteiger partial charge in [-0.15, -0.1) is 0 Å². The zero-order valence-electron chi connectivity index (χ0n) is 19.5. The molecule has 0 atom stereocenters. The Morgan fingerprint density at radius 2 is 1.64 bits per heavy atom. The lowest BCUT2D eigenvalue weighted by atomic mass is 10.1. The number of carbonyl (C=O) groups is 1. The molecule has 5 heteroatoms. The van der Waals surface area contributed by atoms with E-state index < -0.39 is 0 Å². The lowest BCUT2D eigenvalue weighted by Crippen LogP contribution is -2.06. The second kappa shape index (κ2) is 32.8. The standard InChI is InChI=1S/C12H13NO.C5H13N.2C2H7N.C2H6/c1-3-10-7-8-11(6-5-9-14)13-12(10)4-2;1-3-4-5-6-2;1-3-2;1-2-3;1-2/h3-4,7-9H,1-2,5-6H2;6H,3-5H2,1-2H3;3H,1-2H3;2-3H2,1H3;1-2H3. The first kappa shape index (κ1) is 33.7. The maximum absolute atomic E-state index is 10.2. The summed E-state index contributed by atoms with van der Waals surface area (Å²) in [6.45, 7) is 17.4. The number of nitrogens with two attached hydrogens (primary N) is 1. The van der Waals surface area contributed by atoms with Crippen LogP contribution in [0, 0.1) is 0 Å². The average molecular weight is 395 g/mol. The molecule has 0 aliphatic rings. The Hall–Kier alpha value is -1.82. The topological polar surface area (TPSA) is 80.0 Å². The molecule has 0 aliphatic carbocycles. The van der Waals surface area contributed by atoms with E-state index in [2.05, 4.69) is 35.7 Å². The van der Waals surface area contributed by atoms with Gasteiger partial charge in [-0.3, -0.25) is 4.98 Å². The molecule has 5 nitrogen and oxygen atoms in total. The summed E-state index contributed by atoms with van der Waals surface area (Å²) >= 11 is 0. The maximum Gasteiger partial charge on any atom is 0.120 e. The lowest BCUT2D eigenvalue weighted by molar-refractivity contribution is -0.107. The number of aldehydes is 1. The Balaban J connectivity index is -0.000000171. The highest BCUT2D eigenvalue weighted by molar-refractivity contribution is 5.60. The minimum absolute atomic E-state index is 0.511. The van der Waals surface area contributed by atoms with Crippen molar-refractivity contribution < 1.29 is 4.79 Å². The molecule has 1 aromatic rings. The highest BCUT2D eigenvalue weighted by Gasteiger charge is 1.99. The van der Waals surface area contributed by atoms with E-state index in [0.29, 0.717) is 12.8 Å². The molecule has 0 saturated carbocycles. The molecule has 0 spiro atoms. The number of pyridine rings is 1. The van der Waals surface area contributed by atoms with E-state index in [1.807, 2.05) is 54.0 Å². The smallest absolute Gasteiger partial charge is 0.120 e. The number of rotatable bonds is 8. The van der Waals surface area contributed by atoms with Crippen molar-refractivity contribution in [1.29, 1.82) is 0 Å². The van der Waals surface area contributed by atoms with Crippen LogP contribution in [0.1, 0.15) is 63.9 Å². The number of hydrogen-bond donors (Lipinski definition) is 3. The van der Waals surface area contributed by atoms with Gasteiger partial charge in [0.15, 0.2) is 0 Å². The predicted octanol–water partition coefficient (Wildman–Crippen LogP) is 4.33. The molecule has 0 amide bonds. The minimum atomic E-state index is 0.511. The van der Waals surface area contributed by atoms with Crippen molar-refractivity contribution in [3.8, 4) is 0 Å². The van der Waals surface area contributed by atoms with Gasteiger partial charge < -0.3 is 21.2 Å². The van der Waals surface area contributed by atoms with E-state index in [1.165, 1.54) is 12.8 Å². The molecule has 1 aromatic heterocycles. The van der Waals surface area contributed by atoms with Crippen molar-refractivity contribution in [1.82, 2.24) is 15.6 Å². The Morgan fingerprint density at radius 1 is 1.11 bits per heavy atom. The van der Waals surface area contributed by atoms with Gasteiger partial charge in [-0.1, -0.05) is 59.4 Å². The average Bonchev–Trinajstić information content (AvgIpc) is 2.73. The predicted molar refractivity (Wildman–Crippen MR) is 129 cm³/mol. The Kier molecular flexibility index (Phi) is 39.5. The summed E-state index contributed by atoms with van der Waals surface area (Å²) in [7, 11) is 5.73. The number of nitrogens with one attached hydrogen (secondary N) is 2. The molecule has 1 heterocycles. The van der Waals surface area contributed by atoms with Crippen molar-refractivity contribution >= 4 is 18.4 Å². The van der Waals surface area contributed by atoms with Crippen LogP contribution in [0.15, 0.2) is 25.3 Å². The third kappa shape index (κ3) is 26.4. The molecule has 0 bridgehead atoms. The van der Waals surface area contributed by atoms with Crippen LogP contribution in [-0.4, -0.2) is 45.5 Å². The summed E-state index contributed by atoms with van der Waals surface area (Å²) in [4.78, 5) is 14.5. The molecule has 0 fully saturated rings. The van der Waals surface area contributed by atoms with Crippen LogP contribution < -0.4 is 16.4 Å². The Labute approximate surface area is 174 Å². The van der Waals surface area contributed by atoms with Gasteiger partial charge >= 0.3 is 0 Å². The number of nitrogens with zero attached hydrogens (tertiary/aromatic N) is 1. The molecular formula is C23H46N4O. The second-order valence-electron chi connectivity index (χ2n) is 5.26. The summed E-state index contributed by atoms with van der Waals surface area (Å²) in [5, 5.41) is 5.82. The fourth-order valence-electron chi connectivity index (χ4n) is 1.56. The first-order valence-corrected chi connectivity index (χ1v) is 10.2. The van der Waals surface area contributed by atoms with Gasteiger partial charge in [0.25, 0.3) is 0 Å². The maximum atomic E-state index is 10.2. The molecule has 1 rings (SSSR count). The number of unbranched alkanes of at least 4 members (excludes halogenated alkanes) is 1. The highest BCUT2D eigenvalue weighted by Crippen LogP contribution is 2.11. The Morgan fingerprint density at radius 3 is 1.96 bits per heavy atom. The zero-order chi connectivity index (χ0) is 22.6. The van der Waals surface area contributed by atoms with Gasteiger partial charge in [0.1, 0.15) is 6.29 Å². The summed E-state index contributed by atoms with van der Waals surface area (Å²) < 4.78 is 0. The first-order valence-electron chi connectivity index (χ1n) is 10.2. The van der Waals surface area contributed by atoms with Crippen LogP contribution in [0.4, 0.5) is 0 Å². The number of aryl methyl sites for hydroxylation is 1. The highest BCUT2D eigenvalue weighted by atomic mass is 16.1. The van der Waals surface area contributed by atoms with Crippen molar-refractivity contribution in [3.63, 3.8) is 0 Å². The monoisotopic (exact) mass is 394 g/mol. The van der Waals surface area contributed by atoms with Crippen LogP contribution in [-0.2, 0) is 11.2 Å². The number of carbonyl (C=O) groups excluding carboxylic acids is 1. The molecular weight excluding hydrogens is 348 g/mol. The van der Waals surface area contributed by atoms with Crippen LogP contribution >= 0.6 is 0 Å². The fourth-order valence-corrected chi connectivity index (χ4v) is 1.56. The van der Waals surface area contributed by atoms with Gasteiger partial charge in [-0.2, -0.15) is 0 Å². The fraction of sp³-hybridized carbons (Fsp3) is 0.565. The normalized spacial score (nSPS) is 8.14. The lowest BCUT2D eigenvalue weighted by Gasteiger charge is -2.02. The largest absolute Gasteiger partial charge is 0.331 e. The second-order valence-corrected chi connectivity index (χ2v) is 5.26. The van der Waals surface area contributed by atoms with Crippen LogP contribution in [0.25, 0.3) is 12.2 Å². The van der Waals surface area contributed by atoms with Gasteiger partial charge in [0, 0.05) is 12.1 Å². The number of hydrogen-bond acceptors (Lipinski definition) is 5. The minimum Gasteiger partial charge on any atom is -0.331 e. The summed E-state index contributed by atoms with van der Waals surface area (Å²) in [6.07, 6.45) is 8.13. The molecule has 0 aromatic carbocycles. The van der Waals surface area contributed by atoms with Crippen LogP contribution in [0.3, 0.4) is 0 Å². The van der Waals surface area contributed by atoms with Crippen molar-refractivity contribution in [2.75, 3.05) is 34.2 Å². The summed E-state index contributed by atoms with van der Waals surface area (Å²) in [5.41, 5.74) is 7.55. The first-order chi connectivity index (χ1) is 13.6. The van der Waals surface area contributed by atoms with E-state index in [1.54, 1.807) is 12.2 Å². The van der Waals surface area contributed by atoms with E-state index >= 15 is 0 Å². The van der Waals surface area contributed by atoms with Gasteiger partial charge in [-0.05, 0) is 64.8 Å². The zero-order valence-corrected chi connectivity index (χ0v) is 19.5. The van der Waals surface area contributed by atoms with E-state index in [-0.39, 0.29) is 0 Å². The molecule has 28 heavy (non-hydrogen) atoms. The summed E-state index contributed by atoms with van der Waals surface area (Å²) in [6, 6.07) is 3.85. The van der Waals surface area contributed by atoms with Crippen molar-refractivity contribution in [2.24, 2.45) is 5.73 Å². The van der Waals surface area contributed by atoms with Crippen LogP contribution in [0.5, 0.6) is 0 Å². The SMILES string of the molecule is C=Cc1ccc(CCC=O)nc1C=C.CC.CCCCNC.CCN.CNC. The quantitative estimate of drug-likeness (QED) is 0.452. The summed E-state index contributed by atoms with van der Waals surface area (Å²) in [5.74, 6) is 0. The van der Waals surface area contributed by atoms with E-state index in [9.17, 15) is 4.79 Å². The molecule has 0 aliphatic heterocycles. The van der Waals surface area contributed by atoms with Gasteiger partial charge in [-0.25, -0.2) is 0 Å². The van der Waals surface area contributed by atoms with Crippen molar-refractivity contribution in [2.45, 2.75) is 53.4 Å².